The van der Waals surface area contributed by atoms with Gasteiger partial charge in [-0.15, -0.1) is 0 Å². The predicted molar refractivity (Wildman–Crippen MR) is 108 cm³/mol. The molecule has 8 nitrogen and oxygen atoms in total. The average molecular weight is 454 g/mol. The summed E-state index contributed by atoms with van der Waals surface area (Å²) in [6.45, 7) is 3.53. The maximum absolute atomic E-state index is 12.2. The Morgan fingerprint density at radius 3 is 2.59 bits per heavy atom. The number of hydrogen-bond donors (Lipinski definition) is 2. The number of hydrogen-bond acceptors (Lipinski definition) is 5. The minimum absolute atomic E-state index is 0.0358. The van der Waals surface area contributed by atoms with E-state index in [1.54, 1.807) is 6.20 Å². The quantitative estimate of drug-likeness (QED) is 0.718. The van der Waals surface area contributed by atoms with Crippen LogP contribution in [0.3, 0.4) is 0 Å². The van der Waals surface area contributed by atoms with Crippen LogP contribution < -0.4 is 5.32 Å². The number of alkyl halides is 3. The van der Waals surface area contributed by atoms with Crippen molar-refractivity contribution in [1.82, 2.24) is 19.8 Å². The van der Waals surface area contributed by atoms with Gasteiger partial charge < -0.3 is 19.7 Å². The lowest BCUT2D eigenvalue weighted by Gasteiger charge is -2.19. The molecular formula is C21H25F3N4O4. The van der Waals surface area contributed by atoms with Gasteiger partial charge in [0.2, 0.25) is 0 Å². The lowest BCUT2D eigenvalue weighted by molar-refractivity contribution is -0.192. The summed E-state index contributed by atoms with van der Waals surface area (Å²) in [5.41, 5.74) is 1.93. The smallest absolute Gasteiger partial charge is 0.475 e. The van der Waals surface area contributed by atoms with E-state index in [-0.39, 0.29) is 18.1 Å². The molecule has 3 atom stereocenters. The van der Waals surface area contributed by atoms with Crippen LogP contribution >= 0.6 is 0 Å². The van der Waals surface area contributed by atoms with E-state index in [1.165, 1.54) is 5.56 Å². The van der Waals surface area contributed by atoms with Crippen LogP contribution in [0, 0.1) is 5.92 Å². The first-order valence-corrected chi connectivity index (χ1v) is 10.1. The van der Waals surface area contributed by atoms with Crippen LogP contribution in [-0.4, -0.2) is 69.5 Å². The summed E-state index contributed by atoms with van der Waals surface area (Å²) in [6, 6.07) is 7.80. The van der Waals surface area contributed by atoms with E-state index < -0.39 is 12.1 Å². The van der Waals surface area contributed by atoms with E-state index in [1.807, 2.05) is 42.2 Å². The second-order valence-electron chi connectivity index (χ2n) is 7.86. The van der Waals surface area contributed by atoms with E-state index in [4.69, 9.17) is 14.6 Å². The second-order valence-corrected chi connectivity index (χ2v) is 7.86. The van der Waals surface area contributed by atoms with Crippen molar-refractivity contribution < 1.29 is 32.6 Å². The molecule has 11 heteroatoms. The minimum Gasteiger partial charge on any atom is -0.475 e. The van der Waals surface area contributed by atoms with Gasteiger partial charge in [0.15, 0.2) is 0 Å². The second kappa shape index (κ2) is 10.1. The van der Waals surface area contributed by atoms with Crippen LogP contribution in [0.5, 0.6) is 0 Å². The Balaban J connectivity index is 0.000000360. The Hall–Kier alpha value is -2.92. The van der Waals surface area contributed by atoms with Gasteiger partial charge in [0.1, 0.15) is 5.69 Å². The van der Waals surface area contributed by atoms with Crippen molar-refractivity contribution in [3.8, 4) is 0 Å². The number of likely N-dealkylation sites (tertiary alicyclic amines) is 1. The Labute approximate surface area is 183 Å². The molecule has 2 aliphatic rings. The van der Waals surface area contributed by atoms with Gasteiger partial charge >= 0.3 is 12.1 Å². The average Bonchev–Trinajstić information content (AvgIpc) is 3.41. The van der Waals surface area contributed by atoms with Gasteiger partial charge in [0.25, 0.3) is 5.91 Å². The summed E-state index contributed by atoms with van der Waals surface area (Å²) in [5.74, 6) is -2.23. The maximum Gasteiger partial charge on any atom is 0.490 e. The molecule has 2 aromatic rings. The van der Waals surface area contributed by atoms with Crippen LogP contribution in [0.2, 0.25) is 0 Å². The number of nitrogens with one attached hydrogen (secondary N) is 1. The van der Waals surface area contributed by atoms with Crippen molar-refractivity contribution in [3.05, 3.63) is 54.1 Å². The van der Waals surface area contributed by atoms with Crippen molar-refractivity contribution in [2.75, 3.05) is 19.6 Å². The highest BCUT2D eigenvalue weighted by Crippen LogP contribution is 2.33. The Bertz CT molecular complexity index is 905. The van der Waals surface area contributed by atoms with Gasteiger partial charge in [0.05, 0.1) is 12.2 Å². The third kappa shape index (κ3) is 6.30. The molecule has 0 bridgehead atoms. The minimum atomic E-state index is -5.08. The molecule has 0 saturated carbocycles. The van der Waals surface area contributed by atoms with Gasteiger partial charge in [-0.25, -0.2) is 4.79 Å². The van der Waals surface area contributed by atoms with Crippen molar-refractivity contribution in [2.24, 2.45) is 13.0 Å². The number of amides is 1. The van der Waals surface area contributed by atoms with Gasteiger partial charge in [-0.05, 0) is 30.2 Å². The van der Waals surface area contributed by atoms with E-state index in [9.17, 15) is 18.0 Å². The zero-order chi connectivity index (χ0) is 23.3. The van der Waals surface area contributed by atoms with Gasteiger partial charge in [-0.1, -0.05) is 6.07 Å². The first kappa shape index (κ1) is 23.7. The topological polar surface area (TPSA) is 96.7 Å². The lowest BCUT2D eigenvalue weighted by atomic mass is 10.0. The van der Waals surface area contributed by atoms with Gasteiger partial charge in [0, 0.05) is 57.7 Å². The molecule has 2 N–H and O–H groups in total. The highest BCUT2D eigenvalue weighted by molar-refractivity contribution is 5.92. The van der Waals surface area contributed by atoms with Crippen LogP contribution in [0.4, 0.5) is 13.2 Å². The third-order valence-corrected chi connectivity index (χ3v) is 5.43. The molecule has 0 radical (unpaired) electrons. The Kier molecular flexibility index (Phi) is 7.52. The summed E-state index contributed by atoms with van der Waals surface area (Å²) in [7, 11) is 1.88. The number of fused-ring (bicyclic) bond motifs is 1. The van der Waals surface area contributed by atoms with Crippen molar-refractivity contribution >= 4 is 11.9 Å². The van der Waals surface area contributed by atoms with Crippen molar-refractivity contribution in [1.29, 1.82) is 0 Å². The Morgan fingerprint density at radius 2 is 2.03 bits per heavy atom. The monoisotopic (exact) mass is 454 g/mol. The SMILES string of the molecule is Cn1cccc1C(=O)NC[C@H]1C[C@@H]2CN(Cc3cccnc3)C[C@@H]2O1.O=C(O)C(F)(F)F. The predicted octanol–water partition coefficient (Wildman–Crippen LogP) is 2.07. The standard InChI is InChI=1S/C19H24N4O2.C2HF3O2/c1-22-7-3-5-17(22)19(24)21-10-16-8-15-12-23(13-18(15)25-16)11-14-4-2-6-20-9-14;3-2(4,5)1(6)7/h2-7,9,15-16,18H,8,10-13H2,1H3,(H,21,24);(H,6,7)/t15-,16-,18+;/m1./s1. The van der Waals surface area contributed by atoms with E-state index in [2.05, 4.69) is 21.3 Å². The number of pyridine rings is 1. The number of nitrogens with zero attached hydrogens (tertiary/aromatic N) is 3. The summed E-state index contributed by atoms with van der Waals surface area (Å²) in [4.78, 5) is 27.7. The number of aryl methyl sites for hydroxylation is 1. The molecule has 0 aromatic carbocycles. The molecule has 32 heavy (non-hydrogen) atoms. The number of aliphatic carboxylic acids is 1. The van der Waals surface area contributed by atoms with Gasteiger partial charge in [-0.3, -0.25) is 14.7 Å². The van der Waals surface area contributed by atoms with Crippen LogP contribution in [0.25, 0.3) is 0 Å². The van der Waals surface area contributed by atoms with Crippen molar-refractivity contribution in [3.63, 3.8) is 0 Å². The Morgan fingerprint density at radius 1 is 1.28 bits per heavy atom. The van der Waals surface area contributed by atoms with Crippen LogP contribution in [0.15, 0.2) is 42.9 Å². The summed E-state index contributed by atoms with van der Waals surface area (Å²) >= 11 is 0. The maximum atomic E-state index is 12.2. The van der Waals surface area contributed by atoms with Crippen LogP contribution in [-0.2, 0) is 23.1 Å². The van der Waals surface area contributed by atoms with Gasteiger partial charge in [-0.2, -0.15) is 13.2 Å². The molecule has 1 amide bonds. The number of rotatable bonds is 5. The summed E-state index contributed by atoms with van der Waals surface area (Å²) in [5, 5.41) is 10.1. The molecule has 0 aliphatic carbocycles. The fourth-order valence-electron chi connectivity index (χ4n) is 3.95. The molecule has 2 saturated heterocycles. The van der Waals surface area contributed by atoms with E-state index in [0.29, 0.717) is 18.2 Å². The third-order valence-electron chi connectivity index (χ3n) is 5.43. The fraction of sp³-hybridized carbons (Fsp3) is 0.476. The first-order chi connectivity index (χ1) is 15.1. The molecule has 0 unspecified atom stereocenters. The number of carbonyl (C=O) groups excluding carboxylic acids is 1. The molecule has 4 rings (SSSR count). The number of aromatic nitrogens is 2. The highest BCUT2D eigenvalue weighted by atomic mass is 19.4. The fourth-order valence-corrected chi connectivity index (χ4v) is 3.95. The van der Waals surface area contributed by atoms with E-state index >= 15 is 0 Å². The molecule has 2 aliphatic heterocycles. The molecule has 2 fully saturated rings. The lowest BCUT2D eigenvalue weighted by Crippen LogP contribution is -2.34. The number of halogens is 3. The zero-order valence-electron chi connectivity index (χ0n) is 17.5. The molecule has 0 spiro atoms. The molecule has 4 heterocycles. The summed E-state index contributed by atoms with van der Waals surface area (Å²) in [6.07, 6.45) is 1.95. The largest absolute Gasteiger partial charge is 0.490 e. The van der Waals surface area contributed by atoms with E-state index in [0.717, 1.165) is 26.1 Å². The number of carboxylic acids is 1. The summed E-state index contributed by atoms with van der Waals surface area (Å²) < 4.78 is 39.7. The normalized spacial score (nSPS) is 22.7. The number of ether oxygens (including phenoxy) is 1. The highest BCUT2D eigenvalue weighted by Gasteiger charge is 2.41. The first-order valence-electron chi connectivity index (χ1n) is 10.1. The number of carbonyl (C=O) groups is 2. The molecule has 174 valence electrons. The molecule has 2 aromatic heterocycles. The number of carboxylic acid groups (broad SMARTS) is 1. The van der Waals surface area contributed by atoms with Crippen LogP contribution in [0.1, 0.15) is 22.5 Å². The zero-order valence-corrected chi connectivity index (χ0v) is 17.5. The van der Waals surface area contributed by atoms with Crippen molar-refractivity contribution in [2.45, 2.75) is 31.3 Å². The molecular weight excluding hydrogens is 429 g/mol.